The molecule has 2 nitrogen and oxygen atoms in total. The largest absolute Gasteiger partial charge is 0.355 e. The number of carbonyl (C=O) groups excluding carboxylic acids is 1. The summed E-state index contributed by atoms with van der Waals surface area (Å²) in [4.78, 5) is 13.0. The average molecular weight is 320 g/mol. The number of rotatable bonds is 7. The van der Waals surface area contributed by atoms with Crippen LogP contribution >= 0.6 is 23.4 Å². The molecule has 0 aliphatic heterocycles. The second kappa shape index (κ2) is 8.75. The van der Waals surface area contributed by atoms with Crippen molar-refractivity contribution in [3.05, 3.63) is 65.2 Å². The predicted octanol–water partition coefficient (Wildman–Crippen LogP) is 4.18. The molecule has 4 heteroatoms. The van der Waals surface area contributed by atoms with Crippen LogP contribution in [0.5, 0.6) is 0 Å². The van der Waals surface area contributed by atoms with Gasteiger partial charge in [0.1, 0.15) is 0 Å². The number of hydrogen-bond acceptors (Lipinski definition) is 2. The van der Waals surface area contributed by atoms with Crippen molar-refractivity contribution >= 4 is 29.3 Å². The van der Waals surface area contributed by atoms with E-state index in [1.54, 1.807) is 11.8 Å². The van der Waals surface area contributed by atoms with Crippen LogP contribution in [0, 0.1) is 0 Å². The van der Waals surface area contributed by atoms with Crippen molar-refractivity contribution in [3.63, 3.8) is 0 Å². The monoisotopic (exact) mass is 319 g/mol. The molecule has 0 aliphatic carbocycles. The molecule has 21 heavy (non-hydrogen) atoms. The SMILES string of the molecule is O=C(CCc1ccc(Cl)cc1)NCCSc1ccccc1. The second-order valence-corrected chi connectivity index (χ2v) is 6.24. The predicted molar refractivity (Wildman–Crippen MR) is 89.9 cm³/mol. The summed E-state index contributed by atoms with van der Waals surface area (Å²) in [5.74, 6) is 0.982. The Morgan fingerprint density at radius 1 is 1.05 bits per heavy atom. The fraction of sp³-hybridized carbons (Fsp3) is 0.235. The molecular formula is C17H18ClNOS. The van der Waals surface area contributed by atoms with E-state index in [0.717, 1.165) is 22.8 Å². The first-order chi connectivity index (χ1) is 10.2. The van der Waals surface area contributed by atoms with Gasteiger partial charge < -0.3 is 5.32 Å². The summed E-state index contributed by atoms with van der Waals surface area (Å²) in [7, 11) is 0. The third-order valence-corrected chi connectivity index (χ3v) is 4.26. The van der Waals surface area contributed by atoms with Crippen LogP contribution in [0.1, 0.15) is 12.0 Å². The molecule has 0 saturated carbocycles. The van der Waals surface area contributed by atoms with Crippen LogP contribution < -0.4 is 5.32 Å². The molecule has 2 aromatic rings. The molecule has 2 aromatic carbocycles. The van der Waals surface area contributed by atoms with E-state index in [1.165, 1.54) is 4.90 Å². The van der Waals surface area contributed by atoms with Crippen LogP contribution in [-0.2, 0) is 11.2 Å². The quantitative estimate of drug-likeness (QED) is 0.612. The molecule has 0 spiro atoms. The normalized spacial score (nSPS) is 10.3. The van der Waals surface area contributed by atoms with E-state index in [1.807, 2.05) is 42.5 Å². The summed E-state index contributed by atoms with van der Waals surface area (Å²) in [5.41, 5.74) is 1.13. The fourth-order valence-corrected chi connectivity index (χ4v) is 2.79. The summed E-state index contributed by atoms with van der Waals surface area (Å²) in [6.45, 7) is 0.693. The first-order valence-electron chi connectivity index (χ1n) is 6.93. The molecule has 0 fully saturated rings. The van der Waals surface area contributed by atoms with Gasteiger partial charge in [-0.2, -0.15) is 0 Å². The Kier molecular flexibility index (Phi) is 6.64. The van der Waals surface area contributed by atoms with Gasteiger partial charge in [-0.15, -0.1) is 11.8 Å². The van der Waals surface area contributed by atoms with E-state index in [-0.39, 0.29) is 5.91 Å². The van der Waals surface area contributed by atoms with Crippen molar-refractivity contribution in [1.29, 1.82) is 0 Å². The Morgan fingerprint density at radius 2 is 1.76 bits per heavy atom. The number of hydrogen-bond donors (Lipinski definition) is 1. The highest BCUT2D eigenvalue weighted by molar-refractivity contribution is 7.99. The minimum atomic E-state index is 0.0959. The number of nitrogens with one attached hydrogen (secondary N) is 1. The van der Waals surface area contributed by atoms with Crippen molar-refractivity contribution in [2.24, 2.45) is 0 Å². The molecule has 0 aliphatic rings. The molecule has 0 aromatic heterocycles. The molecule has 110 valence electrons. The number of thioether (sulfide) groups is 1. The number of carbonyl (C=O) groups is 1. The zero-order chi connectivity index (χ0) is 14.9. The molecule has 0 heterocycles. The van der Waals surface area contributed by atoms with E-state index in [2.05, 4.69) is 17.4 Å². The Morgan fingerprint density at radius 3 is 2.48 bits per heavy atom. The Balaban J connectivity index is 1.60. The Hall–Kier alpha value is -1.45. The van der Waals surface area contributed by atoms with Gasteiger partial charge in [0.2, 0.25) is 5.91 Å². The molecule has 0 bridgehead atoms. The lowest BCUT2D eigenvalue weighted by Gasteiger charge is -2.05. The zero-order valence-corrected chi connectivity index (χ0v) is 13.3. The van der Waals surface area contributed by atoms with Crippen LogP contribution in [0.4, 0.5) is 0 Å². The third-order valence-electron chi connectivity index (χ3n) is 2.99. The lowest BCUT2D eigenvalue weighted by Crippen LogP contribution is -2.25. The number of benzene rings is 2. The van der Waals surface area contributed by atoms with Gasteiger partial charge in [-0.25, -0.2) is 0 Å². The maximum absolute atomic E-state index is 11.7. The first kappa shape index (κ1) is 15.9. The van der Waals surface area contributed by atoms with Crippen LogP contribution in [0.25, 0.3) is 0 Å². The highest BCUT2D eigenvalue weighted by atomic mass is 35.5. The molecule has 1 N–H and O–H groups in total. The minimum absolute atomic E-state index is 0.0959. The highest BCUT2D eigenvalue weighted by Gasteiger charge is 2.02. The van der Waals surface area contributed by atoms with E-state index in [9.17, 15) is 4.79 Å². The van der Waals surface area contributed by atoms with E-state index in [4.69, 9.17) is 11.6 Å². The smallest absolute Gasteiger partial charge is 0.220 e. The molecular weight excluding hydrogens is 302 g/mol. The number of aryl methyl sites for hydroxylation is 1. The summed E-state index contributed by atoms with van der Waals surface area (Å²) >= 11 is 7.58. The molecule has 0 radical (unpaired) electrons. The van der Waals surface area contributed by atoms with Crippen molar-refractivity contribution in [1.82, 2.24) is 5.32 Å². The standard InChI is InChI=1S/C17H18ClNOS/c18-15-9-6-14(7-10-15)8-11-17(20)19-12-13-21-16-4-2-1-3-5-16/h1-7,9-10H,8,11-13H2,(H,19,20). The zero-order valence-electron chi connectivity index (χ0n) is 11.7. The second-order valence-electron chi connectivity index (χ2n) is 4.64. The topological polar surface area (TPSA) is 29.1 Å². The molecule has 0 unspecified atom stereocenters. The summed E-state index contributed by atoms with van der Waals surface area (Å²) in [6.07, 6.45) is 1.26. The van der Waals surface area contributed by atoms with Crippen molar-refractivity contribution in [2.75, 3.05) is 12.3 Å². The van der Waals surface area contributed by atoms with Gasteiger partial charge in [-0.05, 0) is 36.2 Å². The Bertz CT molecular complexity index is 557. The summed E-state index contributed by atoms with van der Waals surface area (Å²) in [5, 5.41) is 3.67. The lowest BCUT2D eigenvalue weighted by atomic mass is 10.1. The van der Waals surface area contributed by atoms with E-state index in [0.29, 0.717) is 13.0 Å². The van der Waals surface area contributed by atoms with Crippen LogP contribution in [0.15, 0.2) is 59.5 Å². The summed E-state index contributed by atoms with van der Waals surface area (Å²) in [6, 6.07) is 17.8. The van der Waals surface area contributed by atoms with Gasteiger partial charge in [0.15, 0.2) is 0 Å². The van der Waals surface area contributed by atoms with E-state index >= 15 is 0 Å². The maximum atomic E-state index is 11.7. The first-order valence-corrected chi connectivity index (χ1v) is 8.29. The van der Waals surface area contributed by atoms with Gasteiger partial charge in [-0.3, -0.25) is 4.79 Å². The van der Waals surface area contributed by atoms with Crippen molar-refractivity contribution in [2.45, 2.75) is 17.7 Å². The highest BCUT2D eigenvalue weighted by Crippen LogP contribution is 2.15. The van der Waals surface area contributed by atoms with Gasteiger partial charge in [0, 0.05) is 28.6 Å². The molecule has 0 atom stereocenters. The number of halogens is 1. The fourth-order valence-electron chi connectivity index (χ4n) is 1.87. The maximum Gasteiger partial charge on any atom is 0.220 e. The molecule has 1 amide bonds. The van der Waals surface area contributed by atoms with Gasteiger partial charge in [-0.1, -0.05) is 41.9 Å². The molecule has 2 rings (SSSR count). The molecule has 0 saturated heterocycles. The van der Waals surface area contributed by atoms with Crippen molar-refractivity contribution in [3.8, 4) is 0 Å². The average Bonchev–Trinajstić information content (AvgIpc) is 2.52. The number of amides is 1. The lowest BCUT2D eigenvalue weighted by molar-refractivity contribution is -0.120. The van der Waals surface area contributed by atoms with Crippen molar-refractivity contribution < 1.29 is 4.79 Å². The van der Waals surface area contributed by atoms with Gasteiger partial charge in [0.25, 0.3) is 0 Å². The minimum Gasteiger partial charge on any atom is -0.355 e. The van der Waals surface area contributed by atoms with E-state index < -0.39 is 0 Å². The third kappa shape index (κ3) is 6.23. The van der Waals surface area contributed by atoms with Gasteiger partial charge in [0.05, 0.1) is 0 Å². The van der Waals surface area contributed by atoms with Gasteiger partial charge >= 0.3 is 0 Å². The Labute approximate surface area is 134 Å². The van der Waals surface area contributed by atoms with Crippen LogP contribution in [0.2, 0.25) is 5.02 Å². The summed E-state index contributed by atoms with van der Waals surface area (Å²) < 4.78 is 0. The van der Waals surface area contributed by atoms with Crippen LogP contribution in [-0.4, -0.2) is 18.2 Å². The van der Waals surface area contributed by atoms with Crippen LogP contribution in [0.3, 0.4) is 0 Å².